The molecule has 0 spiro atoms. The van der Waals surface area contributed by atoms with Crippen molar-refractivity contribution in [1.29, 1.82) is 0 Å². The molecule has 2 aromatic heterocycles. The maximum atomic E-state index is 12.0. The van der Waals surface area contributed by atoms with Crippen LogP contribution in [0.1, 0.15) is 6.92 Å². The van der Waals surface area contributed by atoms with E-state index in [9.17, 15) is 4.79 Å². The molecule has 0 aliphatic carbocycles. The highest BCUT2D eigenvalue weighted by molar-refractivity contribution is 5.83. The van der Waals surface area contributed by atoms with Crippen LogP contribution in [0.15, 0.2) is 97.2 Å². The van der Waals surface area contributed by atoms with Gasteiger partial charge in [-0.1, -0.05) is 91.0 Å². The van der Waals surface area contributed by atoms with Crippen LogP contribution >= 0.6 is 0 Å². The van der Waals surface area contributed by atoms with Crippen molar-refractivity contribution in [3.05, 3.63) is 97.2 Å². The number of carbonyl (C=O) groups excluding carboxylic acids is 1. The van der Waals surface area contributed by atoms with Gasteiger partial charge < -0.3 is 4.74 Å². The van der Waals surface area contributed by atoms with Crippen molar-refractivity contribution in [2.45, 2.75) is 6.92 Å². The van der Waals surface area contributed by atoms with Gasteiger partial charge >= 0.3 is 5.97 Å². The van der Waals surface area contributed by atoms with E-state index in [4.69, 9.17) is 14.7 Å². The maximum absolute atomic E-state index is 12.0. The zero-order valence-corrected chi connectivity index (χ0v) is 16.9. The molecular weight excluding hydrogens is 386 g/mol. The second kappa shape index (κ2) is 7.88. The first-order valence-corrected chi connectivity index (χ1v) is 9.98. The average Bonchev–Trinajstić information content (AvgIpc) is 3.18. The zero-order chi connectivity index (χ0) is 21.2. The highest BCUT2D eigenvalue weighted by Crippen LogP contribution is 2.35. The first kappa shape index (κ1) is 18.8. The van der Waals surface area contributed by atoms with Crippen molar-refractivity contribution >= 4 is 11.6 Å². The number of rotatable bonds is 4. The Morgan fingerprint density at radius 3 is 1.77 bits per heavy atom. The summed E-state index contributed by atoms with van der Waals surface area (Å²) in [5.74, 6) is -0.0243. The van der Waals surface area contributed by atoms with Crippen LogP contribution in [0.5, 0.6) is 5.88 Å². The number of fused-ring (bicyclic) bond motifs is 1. The van der Waals surface area contributed by atoms with E-state index < -0.39 is 5.97 Å². The van der Waals surface area contributed by atoms with Gasteiger partial charge in [0.15, 0.2) is 5.65 Å². The van der Waals surface area contributed by atoms with Crippen LogP contribution in [-0.2, 0) is 4.79 Å². The summed E-state index contributed by atoms with van der Waals surface area (Å²) >= 11 is 0. The zero-order valence-electron chi connectivity index (χ0n) is 16.9. The summed E-state index contributed by atoms with van der Waals surface area (Å²) in [5.41, 5.74) is 5.47. The van der Waals surface area contributed by atoms with Crippen molar-refractivity contribution in [3.8, 4) is 39.7 Å². The fourth-order valence-corrected chi connectivity index (χ4v) is 3.58. The lowest BCUT2D eigenvalue weighted by atomic mass is 10.1. The predicted octanol–water partition coefficient (Wildman–Crippen LogP) is 5.66. The lowest BCUT2D eigenvalue weighted by Crippen LogP contribution is -2.05. The molecule has 5 heteroatoms. The van der Waals surface area contributed by atoms with E-state index in [1.807, 2.05) is 102 Å². The standard InChI is InChI=1S/C26H19N3O2/c1-18(30)31-26-24(21-15-9-4-10-16-21)28-25-23(20-13-7-3-8-14-20)27-22(17-29(25)26)19-11-5-2-6-12-19/h2-17H,1H3. The highest BCUT2D eigenvalue weighted by Gasteiger charge is 2.22. The van der Waals surface area contributed by atoms with Gasteiger partial charge in [0.25, 0.3) is 0 Å². The van der Waals surface area contributed by atoms with E-state index in [-0.39, 0.29) is 0 Å². The minimum absolute atomic E-state index is 0.380. The van der Waals surface area contributed by atoms with Gasteiger partial charge in [-0.25, -0.2) is 9.97 Å². The van der Waals surface area contributed by atoms with Gasteiger partial charge in [-0.15, -0.1) is 0 Å². The molecule has 0 radical (unpaired) electrons. The predicted molar refractivity (Wildman–Crippen MR) is 121 cm³/mol. The van der Waals surface area contributed by atoms with Crippen molar-refractivity contribution in [3.63, 3.8) is 0 Å². The minimum atomic E-state index is -0.404. The summed E-state index contributed by atoms with van der Waals surface area (Å²) in [4.78, 5) is 21.8. The Bertz CT molecular complexity index is 1360. The molecule has 0 saturated heterocycles. The van der Waals surface area contributed by atoms with Crippen molar-refractivity contribution in [2.75, 3.05) is 0 Å². The maximum Gasteiger partial charge on any atom is 0.309 e. The molecule has 0 N–H and O–H groups in total. The molecule has 3 aromatic carbocycles. The summed E-state index contributed by atoms with van der Waals surface area (Å²) in [6, 6.07) is 29.5. The monoisotopic (exact) mass is 405 g/mol. The summed E-state index contributed by atoms with van der Waals surface area (Å²) in [5, 5.41) is 0. The molecule has 0 amide bonds. The van der Waals surface area contributed by atoms with Gasteiger partial charge in [0.2, 0.25) is 5.88 Å². The van der Waals surface area contributed by atoms with E-state index in [2.05, 4.69) is 0 Å². The Morgan fingerprint density at radius 1 is 0.710 bits per heavy atom. The molecule has 0 atom stereocenters. The molecule has 0 saturated carbocycles. The Labute approximate surface area is 179 Å². The number of hydrogen-bond donors (Lipinski definition) is 0. The van der Waals surface area contributed by atoms with E-state index in [1.54, 1.807) is 0 Å². The van der Waals surface area contributed by atoms with Crippen LogP contribution in [-0.4, -0.2) is 20.3 Å². The number of ether oxygens (including phenoxy) is 1. The SMILES string of the molecule is CC(=O)Oc1c(-c2ccccc2)nc2c(-c3ccccc3)nc(-c3ccccc3)cn12. The smallest absolute Gasteiger partial charge is 0.309 e. The molecule has 0 fully saturated rings. The molecule has 5 aromatic rings. The Morgan fingerprint density at radius 2 is 1.23 bits per heavy atom. The van der Waals surface area contributed by atoms with Crippen LogP contribution in [0, 0.1) is 0 Å². The fourth-order valence-electron chi connectivity index (χ4n) is 3.58. The molecule has 31 heavy (non-hydrogen) atoms. The summed E-state index contributed by atoms with van der Waals surface area (Å²) < 4.78 is 7.49. The number of benzene rings is 3. The van der Waals surface area contributed by atoms with Crippen LogP contribution in [0.25, 0.3) is 39.4 Å². The number of esters is 1. The molecular formula is C26H19N3O2. The average molecular weight is 405 g/mol. The van der Waals surface area contributed by atoms with Gasteiger partial charge in [-0.2, -0.15) is 0 Å². The van der Waals surface area contributed by atoms with Crippen LogP contribution in [0.3, 0.4) is 0 Å². The third kappa shape index (κ3) is 3.57. The highest BCUT2D eigenvalue weighted by atomic mass is 16.5. The lowest BCUT2D eigenvalue weighted by molar-refractivity contribution is -0.132. The Hall–Kier alpha value is -4.25. The number of carbonyl (C=O) groups is 1. The fraction of sp³-hybridized carbons (Fsp3) is 0.0385. The van der Waals surface area contributed by atoms with Crippen LogP contribution in [0.4, 0.5) is 0 Å². The second-order valence-electron chi connectivity index (χ2n) is 7.13. The van der Waals surface area contributed by atoms with Gasteiger partial charge in [0, 0.05) is 29.8 Å². The first-order valence-electron chi connectivity index (χ1n) is 9.98. The van der Waals surface area contributed by atoms with Gasteiger partial charge in [-0.3, -0.25) is 9.20 Å². The van der Waals surface area contributed by atoms with E-state index in [0.717, 1.165) is 28.1 Å². The number of aromatic nitrogens is 3. The normalized spacial score (nSPS) is 10.9. The van der Waals surface area contributed by atoms with E-state index >= 15 is 0 Å². The van der Waals surface area contributed by atoms with E-state index in [1.165, 1.54) is 6.92 Å². The van der Waals surface area contributed by atoms with E-state index in [0.29, 0.717) is 17.2 Å². The van der Waals surface area contributed by atoms with Crippen molar-refractivity contribution in [1.82, 2.24) is 14.4 Å². The first-order chi connectivity index (χ1) is 15.2. The largest absolute Gasteiger partial charge is 0.407 e. The molecule has 0 unspecified atom stereocenters. The number of hydrogen-bond acceptors (Lipinski definition) is 4. The third-order valence-electron chi connectivity index (χ3n) is 4.97. The van der Waals surface area contributed by atoms with Crippen LogP contribution in [0.2, 0.25) is 0 Å². The molecule has 0 aliphatic rings. The van der Waals surface area contributed by atoms with Gasteiger partial charge in [0.1, 0.15) is 11.4 Å². The molecule has 5 nitrogen and oxygen atoms in total. The molecule has 0 bridgehead atoms. The molecule has 5 rings (SSSR count). The molecule has 150 valence electrons. The molecule has 2 heterocycles. The Kier molecular flexibility index (Phi) is 4.77. The number of nitrogens with zero attached hydrogens (tertiary/aromatic N) is 3. The second-order valence-corrected chi connectivity index (χ2v) is 7.13. The summed E-state index contributed by atoms with van der Waals surface area (Å²) in [6.45, 7) is 1.39. The van der Waals surface area contributed by atoms with Crippen molar-refractivity contribution in [2.24, 2.45) is 0 Å². The molecule has 0 aliphatic heterocycles. The Balaban J connectivity index is 1.86. The number of imidazole rings is 1. The lowest BCUT2D eigenvalue weighted by Gasteiger charge is -2.09. The topological polar surface area (TPSA) is 56.5 Å². The van der Waals surface area contributed by atoms with Gasteiger partial charge in [0.05, 0.1) is 5.69 Å². The van der Waals surface area contributed by atoms with Gasteiger partial charge in [-0.05, 0) is 0 Å². The summed E-state index contributed by atoms with van der Waals surface area (Å²) in [6.07, 6.45) is 1.87. The summed E-state index contributed by atoms with van der Waals surface area (Å²) in [7, 11) is 0. The van der Waals surface area contributed by atoms with Crippen LogP contribution < -0.4 is 4.74 Å². The van der Waals surface area contributed by atoms with Crippen molar-refractivity contribution < 1.29 is 9.53 Å². The third-order valence-corrected chi connectivity index (χ3v) is 4.97. The quantitative estimate of drug-likeness (QED) is 0.362. The minimum Gasteiger partial charge on any atom is -0.407 e.